The van der Waals surface area contributed by atoms with Gasteiger partial charge < -0.3 is 25.4 Å². The van der Waals surface area contributed by atoms with E-state index in [-0.39, 0.29) is 5.95 Å². The molecule has 12 nitrogen and oxygen atoms in total. The number of ether oxygens (including phenoxy) is 2. The van der Waals surface area contributed by atoms with Gasteiger partial charge in [-0.1, -0.05) is 47.7 Å². The van der Waals surface area contributed by atoms with E-state index in [0.717, 1.165) is 17.0 Å². The predicted octanol–water partition coefficient (Wildman–Crippen LogP) is 2.99. The van der Waals surface area contributed by atoms with Gasteiger partial charge in [-0.2, -0.15) is 4.98 Å². The number of anilines is 1. The second kappa shape index (κ2) is 12.5. The van der Waals surface area contributed by atoms with E-state index in [1.54, 1.807) is 10.9 Å². The molecule has 43 heavy (non-hydrogen) atoms. The highest BCUT2D eigenvalue weighted by molar-refractivity contribution is 5.87. The van der Waals surface area contributed by atoms with E-state index in [1.807, 2.05) is 66.7 Å². The maximum atomic E-state index is 10.9. The minimum Gasteiger partial charge on any atom is -0.383 e. The maximum absolute atomic E-state index is 10.9. The van der Waals surface area contributed by atoms with E-state index in [0.29, 0.717) is 81.2 Å². The second-order valence-corrected chi connectivity index (χ2v) is 10.7. The Bertz CT molecular complexity index is 1650. The van der Waals surface area contributed by atoms with E-state index in [2.05, 4.69) is 30.2 Å². The average molecular weight is 583 g/mol. The molecule has 2 fully saturated rings. The first-order chi connectivity index (χ1) is 20.9. The van der Waals surface area contributed by atoms with Crippen LogP contribution in [0, 0.1) is 0 Å². The smallest absolute Gasteiger partial charge is 0.222 e. The molecule has 0 amide bonds. The standard InChI is InChI=1S/C21H21N7O2.C10H13NO2/c22-20-24-17(14-5-2-1-3-6-14)18-19(25-20)28(27-26-18)13-15-7-4-8-16(23-15)21(29)9-11-30-12-10-21;12-10(4-7-13-8-5-10)9-3-1-2-6-11-9/h1-8,29H,9-13H2,(H2,22,24,25);1-3,6,12H,4-5,7-8H2. The summed E-state index contributed by atoms with van der Waals surface area (Å²) in [6.45, 7) is 2.63. The number of benzene rings is 1. The summed E-state index contributed by atoms with van der Waals surface area (Å²) < 4.78 is 12.2. The predicted molar refractivity (Wildman–Crippen MR) is 158 cm³/mol. The number of nitrogen functional groups attached to an aromatic ring is 1. The van der Waals surface area contributed by atoms with Gasteiger partial charge in [0.2, 0.25) is 5.95 Å². The number of hydrogen-bond donors (Lipinski definition) is 3. The minimum atomic E-state index is -0.966. The molecule has 2 aliphatic heterocycles. The second-order valence-electron chi connectivity index (χ2n) is 10.7. The monoisotopic (exact) mass is 582 g/mol. The molecule has 4 N–H and O–H groups in total. The van der Waals surface area contributed by atoms with Gasteiger partial charge in [-0.3, -0.25) is 9.97 Å². The molecule has 0 spiro atoms. The van der Waals surface area contributed by atoms with Crippen LogP contribution in [-0.2, 0) is 27.2 Å². The van der Waals surface area contributed by atoms with E-state index in [9.17, 15) is 10.2 Å². The normalized spacial score (nSPS) is 17.6. The summed E-state index contributed by atoms with van der Waals surface area (Å²) >= 11 is 0. The summed E-state index contributed by atoms with van der Waals surface area (Å²) in [7, 11) is 0. The van der Waals surface area contributed by atoms with Crippen LogP contribution in [0.2, 0.25) is 0 Å². The Morgan fingerprint density at radius 1 is 0.744 bits per heavy atom. The fourth-order valence-corrected chi connectivity index (χ4v) is 5.33. The van der Waals surface area contributed by atoms with Gasteiger partial charge in [-0.05, 0) is 24.3 Å². The van der Waals surface area contributed by atoms with Crippen LogP contribution in [0.3, 0.4) is 0 Å². The van der Waals surface area contributed by atoms with E-state index in [4.69, 9.17) is 15.2 Å². The molecule has 2 saturated heterocycles. The zero-order valence-electron chi connectivity index (χ0n) is 23.7. The molecule has 5 aromatic rings. The van der Waals surface area contributed by atoms with Crippen molar-refractivity contribution >= 4 is 17.1 Å². The van der Waals surface area contributed by atoms with Gasteiger partial charge in [0.15, 0.2) is 11.2 Å². The highest BCUT2D eigenvalue weighted by Gasteiger charge is 2.34. The first-order valence-corrected chi connectivity index (χ1v) is 14.3. The van der Waals surface area contributed by atoms with Gasteiger partial charge in [-0.25, -0.2) is 9.67 Å². The van der Waals surface area contributed by atoms with Crippen LogP contribution in [0.25, 0.3) is 22.4 Å². The fraction of sp³-hybridized carbons (Fsp3) is 0.355. The van der Waals surface area contributed by atoms with Crippen LogP contribution in [0.15, 0.2) is 72.9 Å². The molecular formula is C31H34N8O4. The van der Waals surface area contributed by atoms with Crippen LogP contribution < -0.4 is 5.73 Å². The Kier molecular flexibility index (Phi) is 8.34. The van der Waals surface area contributed by atoms with Crippen molar-refractivity contribution in [2.45, 2.75) is 43.4 Å². The lowest BCUT2D eigenvalue weighted by Gasteiger charge is -2.31. The lowest BCUT2D eigenvalue weighted by atomic mass is 9.90. The summed E-state index contributed by atoms with van der Waals surface area (Å²) in [5, 5.41) is 29.7. The Morgan fingerprint density at radius 2 is 1.40 bits per heavy atom. The number of fused-ring (bicyclic) bond motifs is 1. The molecule has 4 aromatic heterocycles. The summed E-state index contributed by atoms with van der Waals surface area (Å²) in [6, 6.07) is 20.9. The maximum Gasteiger partial charge on any atom is 0.222 e. The third-order valence-electron chi connectivity index (χ3n) is 7.80. The first-order valence-electron chi connectivity index (χ1n) is 14.3. The van der Waals surface area contributed by atoms with Gasteiger partial charge >= 0.3 is 0 Å². The third-order valence-corrected chi connectivity index (χ3v) is 7.80. The van der Waals surface area contributed by atoms with Crippen LogP contribution in [-0.4, -0.2) is 71.6 Å². The Hall–Kier alpha value is -4.36. The average Bonchev–Trinajstić information content (AvgIpc) is 3.44. The van der Waals surface area contributed by atoms with Crippen molar-refractivity contribution < 1.29 is 19.7 Å². The van der Waals surface area contributed by atoms with Gasteiger partial charge in [0, 0.05) is 63.9 Å². The molecule has 2 aliphatic rings. The molecule has 1 aromatic carbocycles. The number of nitrogens with zero attached hydrogens (tertiary/aromatic N) is 7. The largest absolute Gasteiger partial charge is 0.383 e. The number of nitrogens with two attached hydrogens (primary N) is 1. The van der Waals surface area contributed by atoms with Crippen molar-refractivity contribution in [1.29, 1.82) is 0 Å². The first kappa shape index (κ1) is 28.7. The lowest BCUT2D eigenvalue weighted by Crippen LogP contribution is -2.34. The quantitative estimate of drug-likeness (QED) is 0.279. The Labute approximate surface area is 248 Å². The molecule has 0 saturated carbocycles. The van der Waals surface area contributed by atoms with Crippen LogP contribution in [0.1, 0.15) is 42.8 Å². The topological polar surface area (TPSA) is 167 Å². The van der Waals surface area contributed by atoms with Crippen LogP contribution in [0.4, 0.5) is 5.95 Å². The molecule has 0 unspecified atom stereocenters. The SMILES string of the molecule is Nc1nc(-c2ccccc2)c2nnn(Cc3cccc(C4(O)CCOCC4)n3)c2n1.OC1(c2ccccn2)CCOCC1. The fourth-order valence-electron chi connectivity index (χ4n) is 5.33. The molecule has 0 aliphatic carbocycles. The highest BCUT2D eigenvalue weighted by atomic mass is 16.5. The van der Waals surface area contributed by atoms with E-state index < -0.39 is 11.2 Å². The molecule has 7 rings (SSSR count). The Morgan fingerprint density at radius 3 is 2.07 bits per heavy atom. The molecule has 12 heteroatoms. The highest BCUT2D eigenvalue weighted by Crippen LogP contribution is 2.31. The van der Waals surface area contributed by atoms with Crippen molar-refractivity contribution in [2.75, 3.05) is 32.2 Å². The number of pyridine rings is 2. The summed E-state index contributed by atoms with van der Waals surface area (Å²) in [5.74, 6) is 0.156. The zero-order valence-corrected chi connectivity index (χ0v) is 23.7. The van der Waals surface area contributed by atoms with Gasteiger partial charge in [0.25, 0.3) is 0 Å². The number of aromatic nitrogens is 7. The van der Waals surface area contributed by atoms with Gasteiger partial charge in [0.05, 0.1) is 23.6 Å². The molecule has 0 radical (unpaired) electrons. The molecule has 0 atom stereocenters. The van der Waals surface area contributed by atoms with Crippen LogP contribution in [0.5, 0.6) is 0 Å². The van der Waals surface area contributed by atoms with Crippen molar-refractivity contribution in [3.05, 3.63) is 90.0 Å². The summed E-state index contributed by atoms with van der Waals surface area (Å²) in [4.78, 5) is 17.6. The molecular weight excluding hydrogens is 548 g/mol. The zero-order chi connectivity index (χ0) is 29.7. The molecule has 222 valence electrons. The molecule has 6 heterocycles. The van der Waals surface area contributed by atoms with Gasteiger partial charge in [-0.15, -0.1) is 5.10 Å². The number of rotatable bonds is 5. The lowest BCUT2D eigenvalue weighted by molar-refractivity contribution is -0.0709. The van der Waals surface area contributed by atoms with Crippen LogP contribution >= 0.6 is 0 Å². The minimum absolute atomic E-state index is 0.156. The van der Waals surface area contributed by atoms with Crippen molar-refractivity contribution in [3.8, 4) is 11.3 Å². The van der Waals surface area contributed by atoms with Crippen molar-refractivity contribution in [2.24, 2.45) is 0 Å². The third kappa shape index (κ3) is 6.37. The van der Waals surface area contributed by atoms with E-state index in [1.165, 1.54) is 0 Å². The number of hydrogen-bond acceptors (Lipinski definition) is 11. The van der Waals surface area contributed by atoms with E-state index >= 15 is 0 Å². The van der Waals surface area contributed by atoms with Crippen molar-refractivity contribution in [1.82, 2.24) is 34.9 Å². The number of aliphatic hydroxyl groups is 2. The summed E-state index contributed by atoms with van der Waals surface area (Å²) in [5.41, 5.74) is 9.05. The summed E-state index contributed by atoms with van der Waals surface area (Å²) in [6.07, 6.45) is 4.05. The van der Waals surface area contributed by atoms with Gasteiger partial charge in [0.1, 0.15) is 16.9 Å². The van der Waals surface area contributed by atoms with Crippen molar-refractivity contribution in [3.63, 3.8) is 0 Å². The molecule has 0 bridgehead atoms. The Balaban J connectivity index is 0.000000211.